The molecule has 1 heterocycles. The van der Waals surface area contributed by atoms with Crippen molar-refractivity contribution in [3.8, 4) is 17.3 Å². The standard InChI is InChI=1S/C13H9FN4O2/c14-9-3-8(6-15)13(18(19)20)10(4-9)12-5-11(16-17-12)7-1-2-7/h3-5,7H,1-2H2,(H,16,17). The van der Waals surface area contributed by atoms with E-state index in [1.54, 1.807) is 12.1 Å². The second kappa shape index (κ2) is 4.42. The van der Waals surface area contributed by atoms with Gasteiger partial charge in [0.05, 0.1) is 16.2 Å². The molecule has 0 radical (unpaired) electrons. The number of aromatic nitrogens is 2. The van der Waals surface area contributed by atoms with Crippen molar-refractivity contribution >= 4 is 5.69 Å². The molecular formula is C13H9FN4O2. The number of benzene rings is 1. The number of hydrogen-bond donors (Lipinski definition) is 1. The van der Waals surface area contributed by atoms with Gasteiger partial charge in [0.25, 0.3) is 5.69 Å². The monoisotopic (exact) mass is 272 g/mol. The van der Waals surface area contributed by atoms with E-state index < -0.39 is 16.4 Å². The number of H-pyrrole nitrogens is 1. The average molecular weight is 272 g/mol. The summed E-state index contributed by atoms with van der Waals surface area (Å²) in [5, 5.41) is 26.9. The number of aromatic amines is 1. The van der Waals surface area contributed by atoms with Gasteiger partial charge in [0.2, 0.25) is 0 Å². The summed E-state index contributed by atoms with van der Waals surface area (Å²) in [6.07, 6.45) is 2.10. The maximum absolute atomic E-state index is 13.5. The molecule has 0 unspecified atom stereocenters. The average Bonchev–Trinajstić information content (AvgIpc) is 3.15. The highest BCUT2D eigenvalue weighted by atomic mass is 19.1. The van der Waals surface area contributed by atoms with Crippen molar-refractivity contribution < 1.29 is 9.31 Å². The Labute approximate surface area is 113 Å². The lowest BCUT2D eigenvalue weighted by Crippen LogP contribution is -1.97. The first kappa shape index (κ1) is 12.3. The first-order valence-corrected chi connectivity index (χ1v) is 6.04. The fourth-order valence-electron chi connectivity index (χ4n) is 2.15. The van der Waals surface area contributed by atoms with Crippen LogP contribution in [0.1, 0.15) is 30.0 Å². The molecule has 3 rings (SSSR count). The van der Waals surface area contributed by atoms with Gasteiger partial charge in [-0.25, -0.2) is 4.39 Å². The lowest BCUT2D eigenvalue weighted by atomic mass is 10.0. The maximum atomic E-state index is 13.5. The van der Waals surface area contributed by atoms with Crippen LogP contribution in [0.5, 0.6) is 0 Å². The van der Waals surface area contributed by atoms with Gasteiger partial charge in [0, 0.05) is 11.6 Å². The number of nitrogens with zero attached hydrogens (tertiary/aromatic N) is 3. The molecule has 1 aliphatic carbocycles. The highest BCUT2D eigenvalue weighted by Crippen LogP contribution is 2.41. The lowest BCUT2D eigenvalue weighted by Gasteiger charge is -2.01. The minimum Gasteiger partial charge on any atom is -0.282 e. The SMILES string of the molecule is N#Cc1cc(F)cc(-c2cc(C3CC3)[nH]n2)c1[N+](=O)[O-]. The molecule has 0 bridgehead atoms. The summed E-state index contributed by atoms with van der Waals surface area (Å²) in [7, 11) is 0. The Morgan fingerprint density at radius 3 is 2.80 bits per heavy atom. The molecule has 2 aromatic rings. The first-order valence-electron chi connectivity index (χ1n) is 6.04. The van der Waals surface area contributed by atoms with E-state index in [1.807, 2.05) is 0 Å². The predicted octanol–water partition coefficient (Wildman–Crippen LogP) is 2.87. The molecule has 0 saturated heterocycles. The molecule has 0 atom stereocenters. The van der Waals surface area contributed by atoms with Crippen molar-refractivity contribution in [1.29, 1.82) is 5.26 Å². The van der Waals surface area contributed by atoms with Gasteiger partial charge in [-0.3, -0.25) is 15.2 Å². The summed E-state index contributed by atoms with van der Waals surface area (Å²) < 4.78 is 13.5. The van der Waals surface area contributed by atoms with Crippen molar-refractivity contribution in [2.75, 3.05) is 0 Å². The molecule has 1 saturated carbocycles. The molecule has 1 N–H and O–H groups in total. The Morgan fingerprint density at radius 1 is 1.45 bits per heavy atom. The zero-order chi connectivity index (χ0) is 14.3. The fourth-order valence-corrected chi connectivity index (χ4v) is 2.15. The van der Waals surface area contributed by atoms with Gasteiger partial charge >= 0.3 is 0 Å². The number of nitro groups is 1. The van der Waals surface area contributed by atoms with Crippen molar-refractivity contribution in [2.24, 2.45) is 0 Å². The smallest absolute Gasteiger partial charge is 0.282 e. The Bertz CT molecular complexity index is 743. The van der Waals surface area contributed by atoms with Gasteiger partial charge in [-0.15, -0.1) is 0 Å². The molecule has 0 spiro atoms. The van der Waals surface area contributed by atoms with Gasteiger partial charge in [0.1, 0.15) is 17.4 Å². The number of hydrogen-bond acceptors (Lipinski definition) is 4. The molecule has 100 valence electrons. The van der Waals surface area contributed by atoms with Crippen LogP contribution in [0.25, 0.3) is 11.3 Å². The molecular weight excluding hydrogens is 263 g/mol. The van der Waals surface area contributed by atoms with Crippen LogP contribution in [-0.4, -0.2) is 15.1 Å². The van der Waals surface area contributed by atoms with Crippen LogP contribution in [0.3, 0.4) is 0 Å². The Hall–Kier alpha value is -2.75. The van der Waals surface area contributed by atoms with E-state index in [-0.39, 0.29) is 16.8 Å². The number of rotatable bonds is 3. The molecule has 1 fully saturated rings. The molecule has 0 amide bonds. The molecule has 6 nitrogen and oxygen atoms in total. The van der Waals surface area contributed by atoms with E-state index in [2.05, 4.69) is 10.2 Å². The van der Waals surface area contributed by atoms with Crippen molar-refractivity contribution in [1.82, 2.24) is 10.2 Å². The third-order valence-corrected chi connectivity index (χ3v) is 3.27. The molecule has 0 aliphatic heterocycles. The quantitative estimate of drug-likeness (QED) is 0.686. The summed E-state index contributed by atoms with van der Waals surface area (Å²) in [6, 6.07) is 5.22. The number of halogens is 1. The Morgan fingerprint density at radius 2 is 2.20 bits per heavy atom. The van der Waals surface area contributed by atoms with Gasteiger partial charge in [-0.05, 0) is 31.0 Å². The van der Waals surface area contributed by atoms with Crippen LogP contribution < -0.4 is 0 Å². The molecule has 20 heavy (non-hydrogen) atoms. The van der Waals surface area contributed by atoms with Crippen molar-refractivity contribution in [3.05, 3.63) is 45.4 Å². The summed E-state index contributed by atoms with van der Waals surface area (Å²) in [4.78, 5) is 10.5. The van der Waals surface area contributed by atoms with Crippen LogP contribution in [0.2, 0.25) is 0 Å². The zero-order valence-electron chi connectivity index (χ0n) is 10.3. The number of nitrogens with one attached hydrogen (secondary N) is 1. The highest BCUT2D eigenvalue weighted by molar-refractivity contribution is 5.75. The normalized spacial score (nSPS) is 14.0. The van der Waals surface area contributed by atoms with Crippen LogP contribution in [0, 0.1) is 27.3 Å². The third-order valence-electron chi connectivity index (χ3n) is 3.27. The summed E-state index contributed by atoms with van der Waals surface area (Å²) in [5.74, 6) is -0.294. The van der Waals surface area contributed by atoms with Gasteiger partial charge in [0.15, 0.2) is 0 Å². The number of nitriles is 1. The van der Waals surface area contributed by atoms with Gasteiger partial charge in [-0.2, -0.15) is 10.4 Å². The summed E-state index contributed by atoms with van der Waals surface area (Å²) in [5.41, 5.74) is 0.477. The second-order valence-corrected chi connectivity index (χ2v) is 4.70. The number of nitro benzene ring substituents is 1. The minimum absolute atomic E-state index is 0.0229. The highest BCUT2D eigenvalue weighted by Gasteiger charge is 2.28. The van der Waals surface area contributed by atoms with E-state index in [0.29, 0.717) is 5.92 Å². The van der Waals surface area contributed by atoms with Crippen LogP contribution in [0.15, 0.2) is 18.2 Å². The third kappa shape index (κ3) is 2.01. The van der Waals surface area contributed by atoms with Crippen molar-refractivity contribution in [2.45, 2.75) is 18.8 Å². The first-order chi connectivity index (χ1) is 9.60. The van der Waals surface area contributed by atoms with E-state index in [0.717, 1.165) is 30.7 Å². The molecule has 1 aromatic heterocycles. The van der Waals surface area contributed by atoms with Crippen LogP contribution in [0.4, 0.5) is 10.1 Å². The fraction of sp³-hybridized carbons (Fsp3) is 0.231. The molecule has 1 aliphatic rings. The van der Waals surface area contributed by atoms with E-state index in [1.165, 1.54) is 0 Å². The van der Waals surface area contributed by atoms with Gasteiger partial charge < -0.3 is 0 Å². The Kier molecular flexibility index (Phi) is 2.71. The topological polar surface area (TPSA) is 95.6 Å². The van der Waals surface area contributed by atoms with Crippen LogP contribution >= 0.6 is 0 Å². The van der Waals surface area contributed by atoms with E-state index in [4.69, 9.17) is 5.26 Å². The largest absolute Gasteiger partial charge is 0.296 e. The van der Waals surface area contributed by atoms with Crippen LogP contribution in [-0.2, 0) is 0 Å². The zero-order valence-corrected chi connectivity index (χ0v) is 10.3. The molecule has 7 heteroatoms. The summed E-state index contributed by atoms with van der Waals surface area (Å²) >= 11 is 0. The second-order valence-electron chi connectivity index (χ2n) is 4.70. The Balaban J connectivity index is 2.17. The minimum atomic E-state index is -0.696. The molecule has 1 aromatic carbocycles. The maximum Gasteiger partial charge on any atom is 0.296 e. The summed E-state index contributed by atoms with van der Waals surface area (Å²) in [6.45, 7) is 0. The predicted molar refractivity (Wildman–Crippen MR) is 67.3 cm³/mol. The van der Waals surface area contributed by atoms with E-state index in [9.17, 15) is 14.5 Å². The van der Waals surface area contributed by atoms with E-state index >= 15 is 0 Å². The lowest BCUT2D eigenvalue weighted by molar-refractivity contribution is -0.384. The van der Waals surface area contributed by atoms with Gasteiger partial charge in [-0.1, -0.05) is 0 Å². The van der Waals surface area contributed by atoms with Crippen molar-refractivity contribution in [3.63, 3.8) is 0 Å².